The van der Waals surface area contributed by atoms with Gasteiger partial charge in [0.15, 0.2) is 0 Å². The van der Waals surface area contributed by atoms with E-state index in [1.165, 1.54) is 5.56 Å². The monoisotopic (exact) mass is 366 g/mol. The van der Waals surface area contributed by atoms with Gasteiger partial charge in [0, 0.05) is 12.6 Å². The molecule has 6 nitrogen and oxygen atoms in total. The Bertz CT molecular complexity index is 771. The number of hydrogen-bond donors (Lipinski definition) is 0. The van der Waals surface area contributed by atoms with Gasteiger partial charge < -0.3 is 4.90 Å². The fourth-order valence-corrected chi connectivity index (χ4v) is 3.69. The van der Waals surface area contributed by atoms with Crippen LogP contribution in [0.25, 0.3) is 0 Å². The first kappa shape index (κ1) is 18.8. The lowest BCUT2D eigenvalue weighted by atomic mass is 9.95. The third-order valence-electron chi connectivity index (χ3n) is 4.97. The zero-order valence-corrected chi connectivity index (χ0v) is 15.0. The molecule has 2 aliphatic rings. The molecule has 2 heterocycles. The van der Waals surface area contributed by atoms with E-state index in [4.69, 9.17) is 14.4 Å². The van der Waals surface area contributed by atoms with Crippen molar-refractivity contribution in [3.8, 4) is 0 Å². The Balaban J connectivity index is 0.000000659. The number of urea groups is 1. The first-order chi connectivity index (χ1) is 13.2. The number of amides is 2. The molecule has 0 saturated carbocycles. The van der Waals surface area contributed by atoms with Gasteiger partial charge in [-0.3, -0.25) is 4.84 Å². The summed E-state index contributed by atoms with van der Waals surface area (Å²) in [7, 11) is 0. The molecule has 0 spiro atoms. The minimum Gasteiger partial charge on any atom is -0.317 e. The number of nitrogens with zero attached hydrogens (tertiary/aromatic N) is 2. The lowest BCUT2D eigenvalue weighted by Crippen LogP contribution is -2.41. The van der Waals surface area contributed by atoms with Gasteiger partial charge in [0.1, 0.15) is 6.61 Å². The van der Waals surface area contributed by atoms with E-state index in [1.807, 2.05) is 41.3 Å². The van der Waals surface area contributed by atoms with Crippen LogP contribution in [0.5, 0.6) is 0 Å². The number of rotatable bonds is 5. The van der Waals surface area contributed by atoms with Crippen LogP contribution in [0.2, 0.25) is 0 Å². The van der Waals surface area contributed by atoms with Gasteiger partial charge in [-0.1, -0.05) is 60.7 Å². The molecule has 0 radical (unpaired) electrons. The van der Waals surface area contributed by atoms with E-state index in [9.17, 15) is 4.79 Å². The molecular weight excluding hydrogens is 344 g/mol. The van der Waals surface area contributed by atoms with Crippen molar-refractivity contribution in [1.82, 2.24) is 9.96 Å². The normalized spacial score (nSPS) is 20.7. The smallest absolute Gasteiger partial charge is 0.317 e. The number of piperidine rings is 1. The molecule has 2 aromatic rings. The van der Waals surface area contributed by atoms with Crippen molar-refractivity contribution >= 4 is 12.2 Å². The maximum Gasteiger partial charge on any atom is 0.373 e. The Morgan fingerprint density at radius 3 is 2.15 bits per heavy atom. The summed E-state index contributed by atoms with van der Waals surface area (Å²) >= 11 is 0. The van der Waals surface area contributed by atoms with Gasteiger partial charge in [-0.15, -0.1) is 0 Å². The quantitative estimate of drug-likeness (QED) is 0.816. The van der Waals surface area contributed by atoms with Crippen molar-refractivity contribution in [3.63, 3.8) is 0 Å². The van der Waals surface area contributed by atoms with Gasteiger partial charge in [0.25, 0.3) is 0 Å². The molecule has 2 saturated heterocycles. The van der Waals surface area contributed by atoms with Crippen LogP contribution in [-0.4, -0.2) is 40.8 Å². The molecule has 2 fully saturated rings. The summed E-state index contributed by atoms with van der Waals surface area (Å²) in [6, 6.07) is 20.9. The molecule has 140 valence electrons. The van der Waals surface area contributed by atoms with Crippen molar-refractivity contribution in [2.75, 3.05) is 6.54 Å². The highest BCUT2D eigenvalue weighted by molar-refractivity contribution is 5.77. The van der Waals surface area contributed by atoms with E-state index >= 15 is 0 Å². The molecule has 0 unspecified atom stereocenters. The lowest BCUT2D eigenvalue weighted by Gasteiger charge is -2.30. The largest absolute Gasteiger partial charge is 0.373 e. The number of carbonyl (C=O) groups excluding carboxylic acids is 3. The van der Waals surface area contributed by atoms with Gasteiger partial charge in [0.05, 0.1) is 6.04 Å². The average Bonchev–Trinajstić information content (AvgIpc) is 2.95. The molecule has 0 aliphatic carbocycles. The SMILES string of the molecule is O=C1N2C[C@@H](CC[C@H]2Cc2ccccc2)N1OCc1ccccc1.O=C=O. The number of hydrogen-bond acceptors (Lipinski definition) is 4. The first-order valence-electron chi connectivity index (χ1n) is 9.02. The summed E-state index contributed by atoms with van der Waals surface area (Å²) in [5, 5.41) is 1.61. The number of carbonyl (C=O) groups is 1. The third kappa shape index (κ3) is 4.61. The molecular formula is C21H22N2O4. The average molecular weight is 366 g/mol. The predicted molar refractivity (Wildman–Crippen MR) is 97.1 cm³/mol. The number of hydroxylamine groups is 2. The van der Waals surface area contributed by atoms with Crippen LogP contribution in [0.4, 0.5) is 4.79 Å². The van der Waals surface area contributed by atoms with E-state index in [2.05, 4.69) is 24.3 Å². The molecule has 6 heteroatoms. The number of benzene rings is 2. The highest BCUT2D eigenvalue weighted by Gasteiger charge is 2.45. The van der Waals surface area contributed by atoms with Crippen LogP contribution >= 0.6 is 0 Å². The van der Waals surface area contributed by atoms with Crippen molar-refractivity contribution in [2.45, 2.75) is 38.0 Å². The molecule has 2 aliphatic heterocycles. The standard InChI is InChI=1S/C20H22N2O2.CO2/c23-20-21-14-19(22(20)24-15-17-9-5-2-6-10-17)12-11-18(21)13-16-7-3-1-4-8-16;2-1-3/h1-10,18-19H,11-15H2;/t18-,19+;/m0./s1. The first-order valence-corrected chi connectivity index (χ1v) is 9.02. The van der Waals surface area contributed by atoms with E-state index in [-0.39, 0.29) is 24.3 Å². The molecule has 0 N–H and O–H groups in total. The van der Waals surface area contributed by atoms with Gasteiger partial charge in [-0.05, 0) is 30.4 Å². The van der Waals surface area contributed by atoms with E-state index in [1.54, 1.807) is 5.06 Å². The molecule has 27 heavy (non-hydrogen) atoms. The van der Waals surface area contributed by atoms with E-state index < -0.39 is 0 Å². The number of fused-ring (bicyclic) bond motifs is 2. The van der Waals surface area contributed by atoms with E-state index in [0.29, 0.717) is 6.61 Å². The topological polar surface area (TPSA) is 66.9 Å². The van der Waals surface area contributed by atoms with Crippen molar-refractivity contribution in [1.29, 1.82) is 0 Å². The van der Waals surface area contributed by atoms with Crippen LogP contribution in [0, 0.1) is 0 Å². The second-order valence-corrected chi connectivity index (χ2v) is 6.68. The Morgan fingerprint density at radius 1 is 0.926 bits per heavy atom. The lowest BCUT2D eigenvalue weighted by molar-refractivity contribution is -0.191. The van der Waals surface area contributed by atoms with Crippen LogP contribution in [0.15, 0.2) is 60.7 Å². The Morgan fingerprint density at radius 2 is 1.52 bits per heavy atom. The van der Waals surface area contributed by atoms with Crippen LogP contribution in [0.3, 0.4) is 0 Å². The third-order valence-corrected chi connectivity index (χ3v) is 4.97. The van der Waals surface area contributed by atoms with Crippen LogP contribution < -0.4 is 0 Å². The zero-order chi connectivity index (χ0) is 19.1. The Kier molecular flexibility index (Phi) is 6.36. The van der Waals surface area contributed by atoms with Gasteiger partial charge in [-0.25, -0.2) is 4.79 Å². The summed E-state index contributed by atoms with van der Waals surface area (Å²) in [5.41, 5.74) is 2.37. The highest BCUT2D eigenvalue weighted by Crippen LogP contribution is 2.31. The van der Waals surface area contributed by atoms with E-state index in [0.717, 1.165) is 31.4 Å². The fourth-order valence-electron chi connectivity index (χ4n) is 3.69. The summed E-state index contributed by atoms with van der Waals surface area (Å²) in [6.45, 7) is 1.23. The zero-order valence-electron chi connectivity index (χ0n) is 15.0. The molecule has 2 aromatic carbocycles. The van der Waals surface area contributed by atoms with Crippen molar-refractivity contribution in [2.24, 2.45) is 0 Å². The summed E-state index contributed by atoms with van der Waals surface area (Å²) < 4.78 is 0. The molecule has 2 amide bonds. The maximum absolute atomic E-state index is 12.7. The summed E-state index contributed by atoms with van der Waals surface area (Å²) in [4.78, 5) is 36.8. The minimum atomic E-state index is 0.0226. The maximum atomic E-state index is 12.7. The van der Waals surface area contributed by atoms with Crippen molar-refractivity contribution in [3.05, 3.63) is 71.8 Å². The summed E-state index contributed by atoms with van der Waals surface area (Å²) in [5.74, 6) is 0. The minimum absolute atomic E-state index is 0.0226. The van der Waals surface area contributed by atoms with Crippen LogP contribution in [-0.2, 0) is 27.5 Å². The molecule has 4 rings (SSSR count). The highest BCUT2D eigenvalue weighted by atomic mass is 16.7. The molecule has 2 bridgehead atoms. The summed E-state index contributed by atoms with van der Waals surface area (Å²) in [6.07, 6.45) is 3.22. The Hall–Kier alpha value is -2.95. The van der Waals surface area contributed by atoms with Crippen LogP contribution in [0.1, 0.15) is 24.0 Å². The second kappa shape index (κ2) is 9.12. The Labute approximate surface area is 158 Å². The van der Waals surface area contributed by atoms with Gasteiger partial charge in [0.2, 0.25) is 0 Å². The molecule has 2 atom stereocenters. The molecule has 0 aromatic heterocycles. The predicted octanol–water partition coefficient (Wildman–Crippen LogP) is 3.05. The van der Waals surface area contributed by atoms with Crippen molar-refractivity contribution < 1.29 is 19.2 Å². The van der Waals surface area contributed by atoms with Gasteiger partial charge in [-0.2, -0.15) is 14.7 Å². The fraction of sp³-hybridized carbons (Fsp3) is 0.333. The van der Waals surface area contributed by atoms with Gasteiger partial charge >= 0.3 is 12.2 Å². The second-order valence-electron chi connectivity index (χ2n) is 6.68.